The lowest BCUT2D eigenvalue weighted by Gasteiger charge is -2.05. The van der Waals surface area contributed by atoms with E-state index in [0.717, 1.165) is 0 Å². The Morgan fingerprint density at radius 2 is 2.28 bits per heavy atom. The van der Waals surface area contributed by atoms with E-state index in [4.69, 9.17) is 5.14 Å². The maximum Gasteiger partial charge on any atom is 0.337 e. The summed E-state index contributed by atoms with van der Waals surface area (Å²) in [6.45, 7) is 0. The fraction of sp³-hybridized carbons (Fsp3) is 0.111. The van der Waals surface area contributed by atoms with Crippen LogP contribution < -0.4 is 5.14 Å². The van der Waals surface area contributed by atoms with E-state index in [-0.39, 0.29) is 16.3 Å². The van der Waals surface area contributed by atoms with Gasteiger partial charge in [0.15, 0.2) is 0 Å². The van der Waals surface area contributed by atoms with Crippen LogP contribution in [0.15, 0.2) is 23.1 Å². The summed E-state index contributed by atoms with van der Waals surface area (Å²) in [6, 6.07) is 4.43. The van der Waals surface area contributed by atoms with E-state index in [9.17, 15) is 9.00 Å². The highest BCUT2D eigenvalue weighted by atomic mass is 32.2. The average Bonchev–Trinajstić information content (AvgIpc) is 2.90. The minimum atomic E-state index is -1.78. The van der Waals surface area contributed by atoms with Crippen LogP contribution in [0.4, 0.5) is 0 Å². The van der Waals surface area contributed by atoms with Crippen LogP contribution in [0.2, 0.25) is 0 Å². The predicted molar refractivity (Wildman–Crippen MR) is 61.5 cm³/mol. The number of nitrogens with two attached hydrogens (primary N) is 1. The Hall–Kier alpha value is -2.13. The molecule has 0 aliphatic heterocycles. The number of aromatic nitrogens is 4. The number of carbonyl (C=O) groups is 1. The van der Waals surface area contributed by atoms with E-state index in [2.05, 4.69) is 25.4 Å². The van der Waals surface area contributed by atoms with Crippen molar-refractivity contribution in [1.29, 1.82) is 0 Å². The normalized spacial score (nSPS) is 12.1. The first kappa shape index (κ1) is 12.3. The first-order chi connectivity index (χ1) is 8.63. The van der Waals surface area contributed by atoms with Crippen LogP contribution in [0.1, 0.15) is 10.4 Å². The number of rotatable bonds is 3. The molecule has 1 aromatic carbocycles. The highest BCUT2D eigenvalue weighted by Crippen LogP contribution is 2.23. The molecule has 1 atom stereocenters. The predicted octanol–water partition coefficient (Wildman–Crippen LogP) is -0.365. The van der Waals surface area contributed by atoms with Gasteiger partial charge in [-0.3, -0.25) is 0 Å². The Balaban J connectivity index is 2.55. The lowest BCUT2D eigenvalue weighted by molar-refractivity contribution is 0.0600. The Morgan fingerprint density at radius 3 is 2.83 bits per heavy atom. The number of H-pyrrole nitrogens is 1. The van der Waals surface area contributed by atoms with Crippen molar-refractivity contribution in [2.24, 2.45) is 5.14 Å². The van der Waals surface area contributed by atoms with Crippen molar-refractivity contribution in [2.45, 2.75) is 4.90 Å². The number of benzene rings is 1. The van der Waals surface area contributed by atoms with Crippen LogP contribution in [0, 0.1) is 0 Å². The van der Waals surface area contributed by atoms with Gasteiger partial charge >= 0.3 is 5.97 Å². The van der Waals surface area contributed by atoms with Crippen molar-refractivity contribution in [2.75, 3.05) is 7.11 Å². The molecule has 0 spiro atoms. The highest BCUT2D eigenvalue weighted by Gasteiger charge is 2.16. The number of methoxy groups -OCH3 is 1. The summed E-state index contributed by atoms with van der Waals surface area (Å²) < 4.78 is 16.0. The van der Waals surface area contributed by atoms with E-state index >= 15 is 0 Å². The lowest BCUT2D eigenvalue weighted by atomic mass is 10.1. The molecule has 1 aromatic heterocycles. The van der Waals surface area contributed by atoms with E-state index < -0.39 is 17.0 Å². The van der Waals surface area contributed by atoms with Gasteiger partial charge < -0.3 is 4.74 Å². The van der Waals surface area contributed by atoms with Crippen LogP contribution in [-0.2, 0) is 15.7 Å². The maximum atomic E-state index is 11.5. The maximum absolute atomic E-state index is 11.5. The molecular formula is C9H9N5O3S. The molecule has 0 aliphatic carbocycles. The fourth-order valence-electron chi connectivity index (χ4n) is 1.39. The molecule has 2 aromatic rings. The zero-order valence-corrected chi connectivity index (χ0v) is 10.1. The molecule has 3 N–H and O–H groups in total. The molecule has 8 nitrogen and oxygen atoms in total. The molecule has 1 unspecified atom stereocenters. The number of ether oxygens (including phenoxy) is 1. The molecule has 9 heteroatoms. The molecule has 0 amide bonds. The van der Waals surface area contributed by atoms with Gasteiger partial charge in [0, 0.05) is 5.56 Å². The smallest absolute Gasteiger partial charge is 0.337 e. The van der Waals surface area contributed by atoms with Gasteiger partial charge in [0.2, 0.25) is 5.82 Å². The van der Waals surface area contributed by atoms with E-state index in [1.807, 2.05) is 0 Å². The van der Waals surface area contributed by atoms with Gasteiger partial charge in [0.05, 0.1) is 17.6 Å². The summed E-state index contributed by atoms with van der Waals surface area (Å²) in [5.41, 5.74) is 0.691. The number of nitrogens with zero attached hydrogens (tertiary/aromatic N) is 3. The molecule has 0 aliphatic rings. The third kappa shape index (κ3) is 2.26. The number of esters is 1. The molecule has 1 heterocycles. The molecule has 0 saturated heterocycles. The van der Waals surface area contributed by atoms with Gasteiger partial charge in [0.1, 0.15) is 11.0 Å². The van der Waals surface area contributed by atoms with Crippen LogP contribution >= 0.6 is 0 Å². The van der Waals surface area contributed by atoms with Crippen molar-refractivity contribution in [3.05, 3.63) is 23.8 Å². The summed E-state index contributed by atoms with van der Waals surface area (Å²) in [6.07, 6.45) is 0. The average molecular weight is 267 g/mol. The van der Waals surface area contributed by atoms with Crippen molar-refractivity contribution in [3.63, 3.8) is 0 Å². The molecule has 94 valence electrons. The van der Waals surface area contributed by atoms with Gasteiger partial charge in [-0.25, -0.2) is 14.1 Å². The molecule has 0 bridgehead atoms. The monoisotopic (exact) mass is 267 g/mol. The van der Waals surface area contributed by atoms with E-state index in [1.165, 1.54) is 25.3 Å². The fourth-order valence-corrected chi connectivity index (χ4v) is 2.01. The molecular weight excluding hydrogens is 258 g/mol. The molecule has 0 radical (unpaired) electrons. The summed E-state index contributed by atoms with van der Waals surface area (Å²) in [4.78, 5) is 11.6. The van der Waals surface area contributed by atoms with Gasteiger partial charge in [-0.05, 0) is 23.4 Å². The first-order valence-electron chi connectivity index (χ1n) is 4.76. The lowest BCUT2D eigenvalue weighted by Crippen LogP contribution is -2.08. The second-order valence-electron chi connectivity index (χ2n) is 3.24. The topological polar surface area (TPSA) is 124 Å². The molecule has 0 saturated carbocycles. The standard InChI is InChI=1S/C9H9N5O3S/c1-17-9(15)5-2-3-6(7(4-5)18(10)16)8-11-13-14-12-8/h2-4H,10H2,1H3,(H,11,12,13,14). The van der Waals surface area contributed by atoms with Crippen molar-refractivity contribution in [3.8, 4) is 11.4 Å². The quantitative estimate of drug-likeness (QED) is 0.731. The number of hydrogen-bond acceptors (Lipinski definition) is 6. The highest BCUT2D eigenvalue weighted by molar-refractivity contribution is 7.82. The van der Waals surface area contributed by atoms with Crippen molar-refractivity contribution >= 4 is 17.0 Å². The number of nitrogens with one attached hydrogen (secondary N) is 1. The number of hydrogen-bond donors (Lipinski definition) is 2. The van der Waals surface area contributed by atoms with Crippen molar-refractivity contribution < 1.29 is 13.7 Å². The minimum absolute atomic E-state index is 0.235. The van der Waals surface area contributed by atoms with Crippen molar-refractivity contribution in [1.82, 2.24) is 20.6 Å². The second kappa shape index (κ2) is 5.02. The number of aromatic amines is 1. The third-order valence-corrected chi connectivity index (χ3v) is 2.98. The second-order valence-corrected chi connectivity index (χ2v) is 4.27. The van der Waals surface area contributed by atoms with Gasteiger partial charge in [0.25, 0.3) is 0 Å². The van der Waals surface area contributed by atoms with Gasteiger partial charge in [-0.1, -0.05) is 0 Å². The summed E-state index contributed by atoms with van der Waals surface area (Å²) >= 11 is 0. The summed E-state index contributed by atoms with van der Waals surface area (Å²) in [5, 5.41) is 18.6. The zero-order valence-electron chi connectivity index (χ0n) is 9.28. The van der Waals surface area contributed by atoms with E-state index in [0.29, 0.717) is 5.56 Å². The number of carbonyl (C=O) groups excluding carboxylic acids is 1. The van der Waals surface area contributed by atoms with Crippen LogP contribution in [-0.4, -0.2) is 37.9 Å². The molecule has 2 rings (SSSR count). The Morgan fingerprint density at radius 1 is 1.50 bits per heavy atom. The first-order valence-corrected chi connectivity index (χ1v) is 5.97. The van der Waals surface area contributed by atoms with Crippen LogP contribution in [0.25, 0.3) is 11.4 Å². The Bertz CT molecular complexity index is 598. The third-order valence-electron chi connectivity index (χ3n) is 2.21. The molecule has 0 fully saturated rings. The van der Waals surface area contributed by atoms with Crippen LogP contribution in [0.5, 0.6) is 0 Å². The zero-order chi connectivity index (χ0) is 13.1. The summed E-state index contributed by atoms with van der Waals surface area (Å²) in [5.74, 6) is -0.290. The Labute approximate surface area is 104 Å². The van der Waals surface area contributed by atoms with E-state index in [1.54, 1.807) is 0 Å². The van der Waals surface area contributed by atoms with Gasteiger partial charge in [-0.2, -0.15) is 5.21 Å². The van der Waals surface area contributed by atoms with Gasteiger partial charge in [-0.15, -0.1) is 10.2 Å². The minimum Gasteiger partial charge on any atom is -0.465 e. The largest absolute Gasteiger partial charge is 0.465 e. The molecule has 18 heavy (non-hydrogen) atoms. The number of tetrazole rings is 1. The Kier molecular flexibility index (Phi) is 3.44. The van der Waals surface area contributed by atoms with Crippen LogP contribution in [0.3, 0.4) is 0 Å². The SMILES string of the molecule is COC(=O)c1ccc(-c2nn[nH]n2)c(S(N)=O)c1. The summed E-state index contributed by atoms with van der Waals surface area (Å²) in [7, 11) is -0.525.